The second-order valence-corrected chi connectivity index (χ2v) is 4.55. The molecule has 0 bridgehead atoms. The van der Waals surface area contributed by atoms with Gasteiger partial charge < -0.3 is 0 Å². The molecule has 2 rings (SSSR count). The Morgan fingerprint density at radius 2 is 2.06 bits per heavy atom. The third-order valence-corrected chi connectivity index (χ3v) is 3.31. The Hall–Kier alpha value is -1.44. The number of rotatable bonds is 2. The quantitative estimate of drug-likeness (QED) is 0.685. The van der Waals surface area contributed by atoms with Crippen LogP contribution in [0.3, 0.4) is 0 Å². The summed E-state index contributed by atoms with van der Waals surface area (Å²) in [6, 6.07) is 10.0. The zero-order valence-electron chi connectivity index (χ0n) is 9.60. The molecule has 1 aromatic carbocycles. The van der Waals surface area contributed by atoms with Gasteiger partial charge in [0.25, 0.3) is 0 Å². The van der Waals surface area contributed by atoms with Crippen molar-refractivity contribution in [2.24, 2.45) is 11.1 Å². The minimum atomic E-state index is -0.117. The van der Waals surface area contributed by atoms with Crippen molar-refractivity contribution in [3.8, 4) is 0 Å². The third kappa shape index (κ3) is 2.38. The van der Waals surface area contributed by atoms with Gasteiger partial charge in [0.2, 0.25) is 0 Å². The molecule has 0 N–H and O–H groups in total. The second-order valence-electron chi connectivity index (χ2n) is 4.55. The summed E-state index contributed by atoms with van der Waals surface area (Å²) >= 11 is 0. The van der Waals surface area contributed by atoms with Crippen molar-refractivity contribution in [3.05, 3.63) is 46.4 Å². The first-order chi connectivity index (χ1) is 7.81. The van der Waals surface area contributed by atoms with Gasteiger partial charge in [0, 0.05) is 0 Å². The summed E-state index contributed by atoms with van der Waals surface area (Å²) < 4.78 is 0. The highest BCUT2D eigenvalue weighted by atomic mass is 16.3. The average molecular weight is 215 g/mol. The Morgan fingerprint density at radius 1 is 1.31 bits per heavy atom. The normalized spacial score (nSPS) is 27.9. The van der Waals surface area contributed by atoms with E-state index in [1.165, 1.54) is 17.6 Å². The summed E-state index contributed by atoms with van der Waals surface area (Å²) in [5, 5.41) is 3.29. The predicted molar refractivity (Wildman–Crippen MR) is 67.0 cm³/mol. The van der Waals surface area contributed by atoms with Gasteiger partial charge in [-0.05, 0) is 36.3 Å². The molecule has 0 amide bonds. The van der Waals surface area contributed by atoms with E-state index in [0.29, 0.717) is 5.92 Å². The van der Waals surface area contributed by atoms with E-state index in [9.17, 15) is 4.91 Å². The van der Waals surface area contributed by atoms with Crippen LogP contribution in [0.5, 0.6) is 0 Å². The molecule has 0 radical (unpaired) electrons. The fraction of sp³-hybridized carbons (Fsp3) is 0.429. The summed E-state index contributed by atoms with van der Waals surface area (Å²) in [6.45, 7) is 2.12. The highest BCUT2D eigenvalue weighted by Crippen LogP contribution is 2.32. The van der Waals surface area contributed by atoms with E-state index in [2.05, 4.69) is 30.3 Å². The number of benzene rings is 1. The molecule has 0 spiro atoms. The first-order valence-electron chi connectivity index (χ1n) is 5.89. The second kappa shape index (κ2) is 5.06. The topological polar surface area (TPSA) is 29.4 Å². The molecule has 0 saturated heterocycles. The maximum absolute atomic E-state index is 10.9. The Morgan fingerprint density at radius 3 is 2.75 bits per heavy atom. The third-order valence-electron chi connectivity index (χ3n) is 3.31. The monoisotopic (exact) mass is 215 g/mol. The molecule has 0 aliphatic heterocycles. The molecule has 2 heteroatoms. The minimum Gasteiger partial charge on any atom is -0.150 e. The standard InChI is InChI=1S/C14H17NO/c1-11-6-5-9-13(14(11)15-16)10-12-7-3-2-4-8-12/h2-4,7-8,10-11,14H,5-6,9H2,1H3. The van der Waals surface area contributed by atoms with Gasteiger partial charge in [-0.25, -0.2) is 0 Å². The molecule has 1 fully saturated rings. The van der Waals surface area contributed by atoms with Crippen LogP contribution in [0.1, 0.15) is 31.7 Å². The van der Waals surface area contributed by atoms with E-state index in [1.807, 2.05) is 18.2 Å². The maximum Gasteiger partial charge on any atom is 0.116 e. The smallest absolute Gasteiger partial charge is 0.116 e. The van der Waals surface area contributed by atoms with E-state index in [0.717, 1.165) is 12.8 Å². The van der Waals surface area contributed by atoms with Gasteiger partial charge in [0.05, 0.1) is 0 Å². The largest absolute Gasteiger partial charge is 0.150 e. The van der Waals surface area contributed by atoms with E-state index in [1.54, 1.807) is 0 Å². The molecule has 2 unspecified atom stereocenters. The highest BCUT2D eigenvalue weighted by molar-refractivity contribution is 5.54. The summed E-state index contributed by atoms with van der Waals surface area (Å²) in [5.41, 5.74) is 2.36. The van der Waals surface area contributed by atoms with Gasteiger partial charge in [-0.1, -0.05) is 48.5 Å². The molecule has 0 heterocycles. The van der Waals surface area contributed by atoms with Gasteiger partial charge in [-0.3, -0.25) is 0 Å². The van der Waals surface area contributed by atoms with Crippen LogP contribution in [0.25, 0.3) is 6.08 Å². The van der Waals surface area contributed by atoms with E-state index < -0.39 is 0 Å². The maximum atomic E-state index is 10.9. The van der Waals surface area contributed by atoms with Crippen LogP contribution in [0.15, 0.2) is 41.1 Å². The van der Waals surface area contributed by atoms with Gasteiger partial charge >= 0.3 is 0 Å². The van der Waals surface area contributed by atoms with E-state index in [4.69, 9.17) is 0 Å². The Kier molecular flexibility index (Phi) is 3.50. The molecule has 0 aromatic heterocycles. The van der Waals surface area contributed by atoms with Crippen LogP contribution in [0.2, 0.25) is 0 Å². The Bertz CT molecular complexity index is 383. The molecule has 1 aromatic rings. The zero-order valence-corrected chi connectivity index (χ0v) is 9.60. The fourth-order valence-corrected chi connectivity index (χ4v) is 2.39. The molecule has 16 heavy (non-hydrogen) atoms. The molecule has 84 valence electrons. The summed E-state index contributed by atoms with van der Waals surface area (Å²) in [6.07, 6.45) is 5.42. The lowest BCUT2D eigenvalue weighted by atomic mass is 9.82. The predicted octanol–water partition coefficient (Wildman–Crippen LogP) is 4.03. The Labute approximate surface area is 96.4 Å². The molecule has 1 aliphatic rings. The van der Waals surface area contributed by atoms with Crippen LogP contribution < -0.4 is 0 Å². The highest BCUT2D eigenvalue weighted by Gasteiger charge is 2.26. The lowest BCUT2D eigenvalue weighted by Crippen LogP contribution is -2.22. The van der Waals surface area contributed by atoms with Crippen molar-refractivity contribution >= 4 is 6.08 Å². The van der Waals surface area contributed by atoms with Crippen LogP contribution in [0, 0.1) is 10.8 Å². The summed E-state index contributed by atoms with van der Waals surface area (Å²) in [5.74, 6) is 0.390. The van der Waals surface area contributed by atoms with Crippen molar-refractivity contribution in [1.29, 1.82) is 0 Å². The van der Waals surface area contributed by atoms with Crippen molar-refractivity contribution in [2.45, 2.75) is 32.2 Å². The van der Waals surface area contributed by atoms with Crippen molar-refractivity contribution < 1.29 is 0 Å². The average Bonchev–Trinajstić information content (AvgIpc) is 2.31. The van der Waals surface area contributed by atoms with Gasteiger partial charge in [-0.15, -0.1) is 0 Å². The van der Waals surface area contributed by atoms with E-state index in [-0.39, 0.29) is 6.04 Å². The van der Waals surface area contributed by atoms with Crippen LogP contribution in [0.4, 0.5) is 0 Å². The first kappa shape index (κ1) is 11.1. The van der Waals surface area contributed by atoms with Crippen LogP contribution in [-0.4, -0.2) is 6.04 Å². The Balaban J connectivity index is 2.24. The molecule has 2 nitrogen and oxygen atoms in total. The number of nitrogens with zero attached hydrogens (tertiary/aromatic N) is 1. The summed E-state index contributed by atoms with van der Waals surface area (Å²) in [7, 11) is 0. The van der Waals surface area contributed by atoms with Crippen molar-refractivity contribution in [3.63, 3.8) is 0 Å². The fourth-order valence-electron chi connectivity index (χ4n) is 2.39. The van der Waals surface area contributed by atoms with Gasteiger partial charge in [-0.2, -0.15) is 4.91 Å². The first-order valence-corrected chi connectivity index (χ1v) is 5.89. The SMILES string of the molecule is CC1CCCC(=Cc2ccccc2)C1N=O. The minimum absolute atomic E-state index is 0.117. The molecular weight excluding hydrogens is 198 g/mol. The number of nitroso groups, excluding NO2 is 1. The van der Waals surface area contributed by atoms with Gasteiger partial charge in [0.15, 0.2) is 0 Å². The van der Waals surface area contributed by atoms with Crippen LogP contribution >= 0.6 is 0 Å². The van der Waals surface area contributed by atoms with Gasteiger partial charge in [0.1, 0.15) is 6.04 Å². The lowest BCUT2D eigenvalue weighted by Gasteiger charge is -2.26. The number of hydrogen-bond donors (Lipinski definition) is 0. The molecule has 1 saturated carbocycles. The van der Waals surface area contributed by atoms with E-state index >= 15 is 0 Å². The lowest BCUT2D eigenvalue weighted by molar-refractivity contribution is 0.402. The van der Waals surface area contributed by atoms with Crippen molar-refractivity contribution in [1.82, 2.24) is 0 Å². The number of hydrogen-bond acceptors (Lipinski definition) is 2. The van der Waals surface area contributed by atoms with Crippen molar-refractivity contribution in [2.75, 3.05) is 0 Å². The molecule has 2 atom stereocenters. The van der Waals surface area contributed by atoms with Crippen LogP contribution in [-0.2, 0) is 0 Å². The summed E-state index contributed by atoms with van der Waals surface area (Å²) in [4.78, 5) is 10.9. The zero-order chi connectivity index (χ0) is 11.4. The molecular formula is C14H17NO. The molecule has 1 aliphatic carbocycles.